The number of anilines is 2. The Hall–Kier alpha value is -2.89. The first-order valence-corrected chi connectivity index (χ1v) is 10.3. The molecule has 0 bridgehead atoms. The number of hydrogen-bond acceptors (Lipinski definition) is 5. The maximum Gasteiger partial charge on any atom is 0.231 e. The Labute approximate surface area is 171 Å². The van der Waals surface area contributed by atoms with E-state index in [4.69, 9.17) is 4.42 Å². The van der Waals surface area contributed by atoms with E-state index < -0.39 is 0 Å². The zero-order chi connectivity index (χ0) is 20.5. The van der Waals surface area contributed by atoms with E-state index in [1.165, 1.54) is 5.56 Å². The molecule has 0 radical (unpaired) electrons. The largest absolute Gasteiger partial charge is 0.443 e. The highest BCUT2D eigenvalue weighted by Crippen LogP contribution is 2.33. The molecule has 1 aromatic carbocycles. The van der Waals surface area contributed by atoms with Gasteiger partial charge in [-0.1, -0.05) is 25.1 Å². The van der Waals surface area contributed by atoms with Crippen LogP contribution >= 0.6 is 0 Å². The lowest BCUT2D eigenvalue weighted by molar-refractivity contribution is -0.120. The molecule has 1 saturated heterocycles. The summed E-state index contributed by atoms with van der Waals surface area (Å²) in [7, 11) is 0. The van der Waals surface area contributed by atoms with E-state index in [1.807, 2.05) is 32.9 Å². The quantitative estimate of drug-likeness (QED) is 0.704. The minimum atomic E-state index is -0.0774. The first-order chi connectivity index (χ1) is 14.0. The molecule has 1 fully saturated rings. The van der Waals surface area contributed by atoms with E-state index in [-0.39, 0.29) is 11.8 Å². The molecule has 152 valence electrons. The number of carbonyl (C=O) groups excluding carboxylic acids is 1. The fourth-order valence-electron chi connectivity index (χ4n) is 4.21. The number of aryl methyl sites for hydroxylation is 4. The summed E-state index contributed by atoms with van der Waals surface area (Å²) in [4.78, 5) is 24.1. The number of hydrogen-bond donors (Lipinski definition) is 1. The van der Waals surface area contributed by atoms with Gasteiger partial charge < -0.3 is 14.6 Å². The average molecular weight is 393 g/mol. The molecule has 0 saturated carbocycles. The summed E-state index contributed by atoms with van der Waals surface area (Å²) in [6.07, 6.45) is 4.28. The van der Waals surface area contributed by atoms with Gasteiger partial charge >= 0.3 is 0 Å². The van der Waals surface area contributed by atoms with Crippen LogP contribution in [-0.4, -0.2) is 29.0 Å². The second kappa shape index (κ2) is 7.85. The van der Waals surface area contributed by atoms with Gasteiger partial charge in [0.2, 0.25) is 11.6 Å². The van der Waals surface area contributed by atoms with E-state index >= 15 is 0 Å². The number of carbonyl (C=O) groups is 1. The number of fused-ring (bicyclic) bond motifs is 1. The Bertz CT molecular complexity index is 1060. The highest BCUT2D eigenvalue weighted by molar-refractivity contribution is 5.95. The minimum absolute atomic E-state index is 0.0774. The van der Waals surface area contributed by atoms with Crippen molar-refractivity contribution in [3.05, 3.63) is 47.0 Å². The number of amides is 1. The second-order valence-corrected chi connectivity index (χ2v) is 7.90. The van der Waals surface area contributed by atoms with Gasteiger partial charge in [0.15, 0.2) is 0 Å². The smallest absolute Gasteiger partial charge is 0.231 e. The second-order valence-electron chi connectivity index (χ2n) is 7.90. The molecule has 0 spiro atoms. The summed E-state index contributed by atoms with van der Waals surface area (Å²) in [6.45, 7) is 9.67. The topological polar surface area (TPSA) is 71.3 Å². The molecular formula is C23H28N4O2. The summed E-state index contributed by atoms with van der Waals surface area (Å²) in [6, 6.07) is 6.17. The van der Waals surface area contributed by atoms with Crippen molar-refractivity contribution in [3.8, 4) is 0 Å². The number of furan rings is 1. The number of piperidine rings is 1. The van der Waals surface area contributed by atoms with E-state index in [2.05, 4.69) is 33.2 Å². The molecule has 2 aromatic heterocycles. The fourth-order valence-corrected chi connectivity index (χ4v) is 4.21. The number of nitrogens with zero attached hydrogens (tertiary/aromatic N) is 3. The third-order valence-corrected chi connectivity index (χ3v) is 6.03. The molecular weight excluding hydrogens is 364 g/mol. The van der Waals surface area contributed by atoms with E-state index in [9.17, 15) is 4.79 Å². The average Bonchev–Trinajstić information content (AvgIpc) is 3.03. The van der Waals surface area contributed by atoms with E-state index in [1.54, 1.807) is 6.33 Å². The van der Waals surface area contributed by atoms with Gasteiger partial charge in [0.05, 0.1) is 11.3 Å². The number of para-hydroxylation sites is 1. The lowest BCUT2D eigenvalue weighted by Crippen LogP contribution is -2.41. The molecule has 1 atom stereocenters. The van der Waals surface area contributed by atoms with Crippen LogP contribution in [0.2, 0.25) is 0 Å². The maximum atomic E-state index is 13.1. The van der Waals surface area contributed by atoms with Crippen LogP contribution in [0.3, 0.4) is 0 Å². The lowest BCUT2D eigenvalue weighted by Gasteiger charge is -2.33. The minimum Gasteiger partial charge on any atom is -0.443 e. The van der Waals surface area contributed by atoms with Gasteiger partial charge in [-0.25, -0.2) is 9.97 Å². The van der Waals surface area contributed by atoms with Crippen molar-refractivity contribution in [2.45, 2.75) is 47.0 Å². The van der Waals surface area contributed by atoms with Crippen molar-refractivity contribution in [1.29, 1.82) is 0 Å². The zero-order valence-corrected chi connectivity index (χ0v) is 17.6. The Morgan fingerprint density at radius 3 is 2.90 bits per heavy atom. The van der Waals surface area contributed by atoms with Crippen LogP contribution in [0.25, 0.3) is 11.1 Å². The highest BCUT2D eigenvalue weighted by Gasteiger charge is 2.29. The van der Waals surface area contributed by atoms with Gasteiger partial charge in [-0.15, -0.1) is 0 Å². The third kappa shape index (κ3) is 3.59. The fraction of sp³-hybridized carbons (Fsp3) is 0.435. The molecule has 4 rings (SSSR count). The first-order valence-electron chi connectivity index (χ1n) is 10.3. The summed E-state index contributed by atoms with van der Waals surface area (Å²) in [5.41, 5.74) is 4.92. The van der Waals surface area contributed by atoms with Crippen molar-refractivity contribution >= 4 is 28.5 Å². The predicted octanol–water partition coefficient (Wildman–Crippen LogP) is 4.57. The maximum absolute atomic E-state index is 13.1. The van der Waals surface area contributed by atoms with Crippen molar-refractivity contribution in [2.24, 2.45) is 5.92 Å². The monoisotopic (exact) mass is 392 g/mol. The molecule has 29 heavy (non-hydrogen) atoms. The molecule has 1 aliphatic heterocycles. The summed E-state index contributed by atoms with van der Waals surface area (Å²) >= 11 is 0. The molecule has 1 amide bonds. The molecule has 6 heteroatoms. The van der Waals surface area contributed by atoms with Crippen LogP contribution in [0.15, 0.2) is 28.9 Å². The molecule has 6 nitrogen and oxygen atoms in total. The first kappa shape index (κ1) is 19.4. The van der Waals surface area contributed by atoms with Crippen molar-refractivity contribution in [3.63, 3.8) is 0 Å². The Morgan fingerprint density at radius 2 is 2.10 bits per heavy atom. The van der Waals surface area contributed by atoms with Crippen LogP contribution in [0.4, 0.5) is 11.5 Å². The normalized spacial score (nSPS) is 17.0. The number of nitrogens with one attached hydrogen (secondary N) is 1. The van der Waals surface area contributed by atoms with Gasteiger partial charge in [0.1, 0.15) is 17.9 Å². The predicted molar refractivity (Wildman–Crippen MR) is 115 cm³/mol. The molecule has 1 N–H and O–H groups in total. The van der Waals surface area contributed by atoms with Crippen molar-refractivity contribution in [2.75, 3.05) is 23.3 Å². The van der Waals surface area contributed by atoms with E-state index in [0.29, 0.717) is 12.3 Å². The van der Waals surface area contributed by atoms with Gasteiger partial charge in [-0.2, -0.15) is 0 Å². The SMILES string of the molecule is CCc1cccc(C)c1NC(=O)[C@H]1CCCN(c2ncnc3oc(C)c(C)c23)C1. The van der Waals surface area contributed by atoms with Crippen LogP contribution in [0, 0.1) is 26.7 Å². The van der Waals surface area contributed by atoms with Gasteiger partial charge in [0.25, 0.3) is 0 Å². The van der Waals surface area contributed by atoms with Crippen molar-refractivity contribution in [1.82, 2.24) is 9.97 Å². The zero-order valence-electron chi connectivity index (χ0n) is 17.6. The number of aromatic nitrogens is 2. The Morgan fingerprint density at radius 1 is 1.28 bits per heavy atom. The third-order valence-electron chi connectivity index (χ3n) is 6.03. The summed E-state index contributed by atoms with van der Waals surface area (Å²) in [5, 5.41) is 4.16. The van der Waals surface area contributed by atoms with Gasteiger partial charge in [0, 0.05) is 24.3 Å². The highest BCUT2D eigenvalue weighted by atomic mass is 16.3. The van der Waals surface area contributed by atoms with Crippen LogP contribution in [0.1, 0.15) is 42.2 Å². The molecule has 3 aromatic rings. The molecule has 3 heterocycles. The van der Waals surface area contributed by atoms with Gasteiger partial charge in [-0.05, 0) is 51.2 Å². The standard InChI is InChI=1S/C23H28N4O2/c1-5-17-9-6-8-14(2)20(17)26-22(28)18-10-7-11-27(12-18)21-19-15(3)16(4)29-23(19)25-13-24-21/h6,8-9,13,18H,5,7,10-12H2,1-4H3,(H,26,28)/t18-/m0/s1. The van der Waals surface area contributed by atoms with Crippen molar-refractivity contribution < 1.29 is 9.21 Å². The van der Waals surface area contributed by atoms with E-state index in [0.717, 1.165) is 59.6 Å². The number of rotatable bonds is 4. The lowest BCUT2D eigenvalue weighted by atomic mass is 9.96. The van der Waals surface area contributed by atoms with Gasteiger partial charge in [-0.3, -0.25) is 4.79 Å². The molecule has 1 aliphatic rings. The Balaban J connectivity index is 1.57. The summed E-state index contributed by atoms with van der Waals surface area (Å²) < 4.78 is 5.77. The van der Waals surface area contributed by atoms with Crippen LogP contribution < -0.4 is 10.2 Å². The summed E-state index contributed by atoms with van der Waals surface area (Å²) in [5.74, 6) is 1.74. The molecule has 0 aliphatic carbocycles. The van der Waals surface area contributed by atoms with Crippen LogP contribution in [-0.2, 0) is 11.2 Å². The molecule has 0 unspecified atom stereocenters. The Kier molecular flexibility index (Phi) is 5.26. The van der Waals surface area contributed by atoms with Crippen LogP contribution in [0.5, 0.6) is 0 Å². The number of benzene rings is 1.